The molecule has 0 unspecified atom stereocenters. The second-order valence-corrected chi connectivity index (χ2v) is 4.95. The topological polar surface area (TPSA) is 57.8 Å². The number of nitrogens with zero attached hydrogens (tertiary/aromatic N) is 5. The van der Waals surface area contributed by atoms with E-state index in [0.717, 1.165) is 42.1 Å². The molecule has 1 aromatic carbocycles. The van der Waals surface area contributed by atoms with Gasteiger partial charge in [0.2, 0.25) is 0 Å². The first-order valence-electron chi connectivity index (χ1n) is 6.75. The van der Waals surface area contributed by atoms with Gasteiger partial charge in [0.25, 0.3) is 0 Å². The molecule has 0 N–H and O–H groups in total. The van der Waals surface area contributed by atoms with Crippen molar-refractivity contribution < 1.29 is 4.74 Å². The molecule has 2 aromatic heterocycles. The zero-order valence-corrected chi connectivity index (χ0v) is 12.5. The normalized spacial score (nSPS) is 11.1. The van der Waals surface area contributed by atoms with Crippen molar-refractivity contribution in [2.75, 3.05) is 7.11 Å². The lowest BCUT2D eigenvalue weighted by molar-refractivity contribution is 0.415. The van der Waals surface area contributed by atoms with E-state index in [9.17, 15) is 0 Å². The van der Waals surface area contributed by atoms with Gasteiger partial charge in [0.15, 0.2) is 0 Å². The minimum atomic E-state index is 0.389. The lowest BCUT2D eigenvalue weighted by Crippen LogP contribution is -2.07. The van der Waals surface area contributed by atoms with Crippen LogP contribution in [0.5, 0.6) is 5.75 Å². The van der Waals surface area contributed by atoms with Crippen LogP contribution in [-0.2, 0) is 19.0 Å². The van der Waals surface area contributed by atoms with E-state index in [-0.39, 0.29) is 0 Å². The van der Waals surface area contributed by atoms with Gasteiger partial charge < -0.3 is 9.30 Å². The van der Waals surface area contributed by atoms with Crippen LogP contribution in [0.25, 0.3) is 11.0 Å². The van der Waals surface area contributed by atoms with Gasteiger partial charge in [-0.25, -0.2) is 4.98 Å². The molecule has 0 saturated heterocycles. The molecular weight excluding hydrogens is 290 g/mol. The highest BCUT2D eigenvalue weighted by Gasteiger charge is 2.10. The fourth-order valence-corrected chi connectivity index (χ4v) is 2.58. The number of benzene rings is 1. The van der Waals surface area contributed by atoms with E-state index in [4.69, 9.17) is 16.3 Å². The summed E-state index contributed by atoms with van der Waals surface area (Å²) in [4.78, 5) is 4.56. The smallest absolute Gasteiger partial charge is 0.124 e. The molecule has 2 heterocycles. The van der Waals surface area contributed by atoms with Crippen LogP contribution in [0.4, 0.5) is 0 Å². The maximum atomic E-state index is 6.01. The minimum absolute atomic E-state index is 0.389. The maximum Gasteiger partial charge on any atom is 0.124 e. The largest absolute Gasteiger partial charge is 0.497 e. The molecule has 0 spiro atoms. The third kappa shape index (κ3) is 2.85. The fraction of sp³-hybridized carbons (Fsp3) is 0.357. The van der Waals surface area contributed by atoms with Gasteiger partial charge in [-0.15, -0.1) is 16.7 Å². The first-order chi connectivity index (χ1) is 10.3. The Morgan fingerprint density at radius 3 is 2.90 bits per heavy atom. The van der Waals surface area contributed by atoms with E-state index >= 15 is 0 Å². The second-order valence-electron chi connectivity index (χ2n) is 4.69. The van der Waals surface area contributed by atoms with Crippen LogP contribution < -0.4 is 4.74 Å². The van der Waals surface area contributed by atoms with E-state index < -0.39 is 0 Å². The highest BCUT2D eigenvalue weighted by Crippen LogP contribution is 2.23. The third-order valence-electron chi connectivity index (χ3n) is 3.39. The van der Waals surface area contributed by atoms with Gasteiger partial charge in [0.1, 0.15) is 11.6 Å². The van der Waals surface area contributed by atoms with Crippen LogP contribution in [0.15, 0.2) is 30.6 Å². The van der Waals surface area contributed by atoms with Crippen molar-refractivity contribution in [1.82, 2.24) is 24.5 Å². The summed E-state index contributed by atoms with van der Waals surface area (Å²) in [5, 5.41) is 7.76. The van der Waals surface area contributed by atoms with Crippen LogP contribution in [0.1, 0.15) is 12.2 Å². The highest BCUT2D eigenvalue weighted by atomic mass is 35.5. The van der Waals surface area contributed by atoms with Gasteiger partial charge in [-0.2, -0.15) is 0 Å². The fourth-order valence-electron chi connectivity index (χ4n) is 2.37. The summed E-state index contributed by atoms with van der Waals surface area (Å²) >= 11 is 6.01. The van der Waals surface area contributed by atoms with Crippen LogP contribution in [0.2, 0.25) is 0 Å². The van der Waals surface area contributed by atoms with Gasteiger partial charge in [-0.1, -0.05) is 5.21 Å². The number of alkyl halides is 1. The number of hydrogen-bond donors (Lipinski definition) is 0. The number of aromatic nitrogens is 5. The summed E-state index contributed by atoms with van der Waals surface area (Å²) < 4.78 is 9.25. The number of ether oxygens (including phenoxy) is 1. The Morgan fingerprint density at radius 2 is 2.19 bits per heavy atom. The van der Waals surface area contributed by atoms with Gasteiger partial charge in [-0.05, 0) is 18.6 Å². The molecule has 3 rings (SSSR count). The van der Waals surface area contributed by atoms with Crippen molar-refractivity contribution in [3.05, 3.63) is 36.4 Å². The Morgan fingerprint density at radius 1 is 1.29 bits per heavy atom. The minimum Gasteiger partial charge on any atom is -0.497 e. The number of methoxy groups -OCH3 is 1. The summed E-state index contributed by atoms with van der Waals surface area (Å²) in [7, 11) is 1.66. The van der Waals surface area contributed by atoms with Gasteiger partial charge in [0, 0.05) is 25.4 Å². The monoisotopic (exact) mass is 305 g/mol. The van der Waals surface area contributed by atoms with Crippen LogP contribution in [0, 0.1) is 0 Å². The molecule has 0 aliphatic heterocycles. The summed E-state index contributed by atoms with van der Waals surface area (Å²) in [5.41, 5.74) is 1.98. The predicted octanol–water partition coefficient (Wildman–Crippen LogP) is 2.47. The van der Waals surface area contributed by atoms with Crippen molar-refractivity contribution in [2.24, 2.45) is 0 Å². The lowest BCUT2D eigenvalue weighted by atomic mass is 10.3. The molecule has 0 aliphatic rings. The predicted molar refractivity (Wildman–Crippen MR) is 80.5 cm³/mol. The van der Waals surface area contributed by atoms with Crippen molar-refractivity contribution in [3.63, 3.8) is 0 Å². The van der Waals surface area contributed by atoms with Crippen LogP contribution >= 0.6 is 11.6 Å². The SMILES string of the molecule is COc1ccc2nc(CCl)n(CCCn3ccnn3)c2c1. The Kier molecular flexibility index (Phi) is 4.06. The average molecular weight is 306 g/mol. The van der Waals surface area contributed by atoms with Crippen LogP contribution in [-0.4, -0.2) is 31.7 Å². The number of hydrogen-bond acceptors (Lipinski definition) is 4. The zero-order valence-electron chi connectivity index (χ0n) is 11.7. The number of aryl methyl sites for hydroxylation is 2. The Labute approximate surface area is 127 Å². The summed E-state index contributed by atoms with van der Waals surface area (Å²) in [6.07, 6.45) is 4.47. The van der Waals surface area contributed by atoms with E-state index in [1.807, 2.05) is 29.1 Å². The molecule has 0 aliphatic carbocycles. The van der Waals surface area contributed by atoms with Crippen LogP contribution in [0.3, 0.4) is 0 Å². The quantitative estimate of drug-likeness (QED) is 0.656. The van der Waals surface area contributed by atoms with Crippen molar-refractivity contribution in [3.8, 4) is 5.75 Å². The molecule has 7 heteroatoms. The number of imidazole rings is 1. The van der Waals surface area contributed by atoms with E-state index in [1.54, 1.807) is 13.3 Å². The number of rotatable bonds is 6. The number of fused-ring (bicyclic) bond motifs is 1. The second kappa shape index (κ2) is 6.13. The first kappa shape index (κ1) is 13.9. The van der Waals surface area contributed by atoms with Crippen molar-refractivity contribution >= 4 is 22.6 Å². The van der Waals surface area contributed by atoms with Crippen molar-refractivity contribution in [2.45, 2.75) is 25.4 Å². The van der Waals surface area contributed by atoms with E-state index in [1.165, 1.54) is 0 Å². The average Bonchev–Trinajstić information content (AvgIpc) is 3.14. The molecular formula is C14H16ClN5O. The van der Waals surface area contributed by atoms with Crippen molar-refractivity contribution in [1.29, 1.82) is 0 Å². The molecule has 0 saturated carbocycles. The zero-order chi connectivity index (χ0) is 14.7. The standard InChI is InChI=1S/C14H16ClN5O/c1-21-11-3-4-12-13(9-11)20(14(10-15)17-12)7-2-6-19-8-5-16-18-19/h3-5,8-9H,2,6-7,10H2,1H3. The lowest BCUT2D eigenvalue weighted by Gasteiger charge is -2.08. The molecule has 21 heavy (non-hydrogen) atoms. The molecule has 0 fully saturated rings. The molecule has 0 atom stereocenters. The molecule has 0 radical (unpaired) electrons. The van der Waals surface area contributed by atoms with E-state index in [2.05, 4.69) is 19.9 Å². The van der Waals surface area contributed by atoms with Gasteiger partial charge >= 0.3 is 0 Å². The first-order valence-corrected chi connectivity index (χ1v) is 7.28. The molecule has 0 bridgehead atoms. The Hall–Kier alpha value is -2.08. The molecule has 0 amide bonds. The summed E-state index contributed by atoms with van der Waals surface area (Å²) in [6.45, 7) is 1.64. The third-order valence-corrected chi connectivity index (χ3v) is 3.63. The highest BCUT2D eigenvalue weighted by molar-refractivity contribution is 6.16. The molecule has 6 nitrogen and oxygen atoms in total. The molecule has 110 valence electrons. The van der Waals surface area contributed by atoms with E-state index in [0.29, 0.717) is 5.88 Å². The molecule has 3 aromatic rings. The Balaban J connectivity index is 1.84. The summed E-state index contributed by atoms with van der Waals surface area (Å²) in [6, 6.07) is 5.86. The number of halogens is 1. The summed E-state index contributed by atoms with van der Waals surface area (Å²) in [5.74, 6) is 2.08. The van der Waals surface area contributed by atoms with Gasteiger partial charge in [-0.3, -0.25) is 4.68 Å². The van der Waals surface area contributed by atoms with Gasteiger partial charge in [0.05, 0.1) is 30.2 Å². The Bertz CT molecular complexity index is 722. The maximum absolute atomic E-state index is 6.01.